The largest absolute Gasteiger partial charge is 0.465 e. The number of nitrogens with one attached hydrogen (secondary N) is 1. The van der Waals surface area contributed by atoms with Crippen molar-refractivity contribution in [1.29, 1.82) is 0 Å². The molecule has 0 spiro atoms. The van der Waals surface area contributed by atoms with E-state index in [0.717, 1.165) is 17.7 Å². The fourth-order valence-electron chi connectivity index (χ4n) is 2.92. The van der Waals surface area contributed by atoms with E-state index in [2.05, 4.69) is 5.32 Å². The summed E-state index contributed by atoms with van der Waals surface area (Å²) in [4.78, 5) is 24.3. The third-order valence-corrected chi connectivity index (χ3v) is 4.56. The summed E-state index contributed by atoms with van der Waals surface area (Å²) < 4.78 is 43.4. The Labute approximate surface area is 154 Å². The van der Waals surface area contributed by atoms with Crippen molar-refractivity contribution in [3.8, 4) is 0 Å². The van der Waals surface area contributed by atoms with Crippen LogP contribution in [-0.2, 0) is 21.1 Å². The number of amides is 1. The van der Waals surface area contributed by atoms with Gasteiger partial charge in [-0.1, -0.05) is 18.2 Å². The molecule has 1 aliphatic rings. The van der Waals surface area contributed by atoms with Gasteiger partial charge in [-0.25, -0.2) is 0 Å². The predicted molar refractivity (Wildman–Crippen MR) is 93.4 cm³/mol. The zero-order valence-electron chi connectivity index (χ0n) is 14.6. The van der Waals surface area contributed by atoms with Gasteiger partial charge in [0.25, 0.3) is 5.91 Å². The van der Waals surface area contributed by atoms with Crippen LogP contribution in [0.2, 0.25) is 0 Å². The zero-order chi connectivity index (χ0) is 19.7. The molecule has 0 atom stereocenters. The van der Waals surface area contributed by atoms with E-state index in [9.17, 15) is 22.8 Å². The number of alkyl halides is 3. The van der Waals surface area contributed by atoms with Crippen LogP contribution in [-0.4, -0.2) is 18.5 Å². The molecule has 1 saturated carbocycles. The van der Waals surface area contributed by atoms with Crippen molar-refractivity contribution in [2.45, 2.75) is 31.4 Å². The molecule has 1 N–H and O–H groups in total. The van der Waals surface area contributed by atoms with E-state index in [1.54, 1.807) is 31.2 Å². The fourth-order valence-corrected chi connectivity index (χ4v) is 2.92. The average molecular weight is 377 g/mol. The molecule has 27 heavy (non-hydrogen) atoms. The Morgan fingerprint density at radius 3 is 2.33 bits per heavy atom. The van der Waals surface area contributed by atoms with Gasteiger partial charge >= 0.3 is 12.1 Å². The van der Waals surface area contributed by atoms with Gasteiger partial charge in [0.1, 0.15) is 0 Å². The molecule has 2 aromatic rings. The maximum atomic E-state index is 12.8. The normalized spacial score (nSPS) is 15.1. The molecule has 0 aliphatic heterocycles. The molecule has 0 saturated heterocycles. The summed E-state index contributed by atoms with van der Waals surface area (Å²) in [6.45, 7) is 2.06. The SMILES string of the molecule is CCOC(=O)C1(c2ccc(NC(=O)c3cccc(C(F)(F)F)c3)cc2)CC1. The Bertz CT molecular complexity index is 856. The third-order valence-electron chi connectivity index (χ3n) is 4.56. The number of ether oxygens (including phenoxy) is 1. The molecule has 2 aromatic carbocycles. The van der Waals surface area contributed by atoms with E-state index in [1.807, 2.05) is 0 Å². The van der Waals surface area contributed by atoms with E-state index in [1.165, 1.54) is 12.1 Å². The summed E-state index contributed by atoms with van der Waals surface area (Å²) in [6, 6.07) is 10.9. The highest BCUT2D eigenvalue weighted by Gasteiger charge is 2.52. The number of carbonyl (C=O) groups excluding carboxylic acids is 2. The summed E-state index contributed by atoms with van der Waals surface area (Å²) in [5.41, 5.74) is -0.340. The van der Waals surface area contributed by atoms with Crippen molar-refractivity contribution < 1.29 is 27.5 Å². The van der Waals surface area contributed by atoms with Crippen molar-refractivity contribution in [3.63, 3.8) is 0 Å². The highest BCUT2D eigenvalue weighted by atomic mass is 19.4. The van der Waals surface area contributed by atoms with Crippen LogP contribution in [0.15, 0.2) is 48.5 Å². The van der Waals surface area contributed by atoms with E-state index in [4.69, 9.17) is 4.74 Å². The van der Waals surface area contributed by atoms with Gasteiger partial charge in [0.05, 0.1) is 17.6 Å². The summed E-state index contributed by atoms with van der Waals surface area (Å²) >= 11 is 0. The summed E-state index contributed by atoms with van der Waals surface area (Å²) in [5, 5.41) is 2.57. The Morgan fingerprint density at radius 2 is 1.78 bits per heavy atom. The van der Waals surface area contributed by atoms with Crippen LogP contribution in [0.25, 0.3) is 0 Å². The van der Waals surface area contributed by atoms with Gasteiger partial charge in [-0.3, -0.25) is 9.59 Å². The molecule has 1 fully saturated rings. The molecule has 1 aliphatic carbocycles. The van der Waals surface area contributed by atoms with Gasteiger partial charge in [-0.15, -0.1) is 0 Å². The average Bonchev–Trinajstić information content (AvgIpc) is 3.44. The minimum absolute atomic E-state index is 0.0842. The molecule has 1 amide bonds. The van der Waals surface area contributed by atoms with Crippen molar-refractivity contribution in [1.82, 2.24) is 0 Å². The van der Waals surface area contributed by atoms with Crippen molar-refractivity contribution >= 4 is 17.6 Å². The van der Waals surface area contributed by atoms with Crippen molar-refractivity contribution in [2.75, 3.05) is 11.9 Å². The van der Waals surface area contributed by atoms with E-state index < -0.39 is 23.1 Å². The summed E-state index contributed by atoms with van der Waals surface area (Å²) in [5.74, 6) is -0.897. The summed E-state index contributed by atoms with van der Waals surface area (Å²) in [7, 11) is 0. The molecule has 7 heteroatoms. The topological polar surface area (TPSA) is 55.4 Å². The molecule has 3 rings (SSSR count). The number of hydrogen-bond donors (Lipinski definition) is 1. The molecule has 0 unspecified atom stereocenters. The van der Waals surface area contributed by atoms with Crippen molar-refractivity contribution in [3.05, 3.63) is 65.2 Å². The first kappa shape index (κ1) is 18.9. The van der Waals surface area contributed by atoms with Gasteiger partial charge < -0.3 is 10.1 Å². The number of anilines is 1. The second-order valence-electron chi connectivity index (χ2n) is 6.41. The number of halogens is 3. The maximum Gasteiger partial charge on any atom is 0.416 e. The monoisotopic (exact) mass is 377 g/mol. The maximum absolute atomic E-state index is 12.8. The Morgan fingerprint density at radius 1 is 1.11 bits per heavy atom. The Balaban J connectivity index is 1.72. The van der Waals surface area contributed by atoms with Crippen LogP contribution < -0.4 is 5.32 Å². The molecular formula is C20H18F3NO3. The lowest BCUT2D eigenvalue weighted by atomic mass is 9.96. The van der Waals surface area contributed by atoms with Crippen molar-refractivity contribution in [2.24, 2.45) is 0 Å². The molecule has 142 valence electrons. The lowest BCUT2D eigenvalue weighted by Crippen LogP contribution is -2.23. The number of rotatable bonds is 5. The van der Waals surface area contributed by atoms with Crippen LogP contribution in [0.5, 0.6) is 0 Å². The molecule has 4 nitrogen and oxygen atoms in total. The quantitative estimate of drug-likeness (QED) is 0.778. The Kier molecular flexibility index (Phi) is 4.95. The highest BCUT2D eigenvalue weighted by Crippen LogP contribution is 2.49. The predicted octanol–water partition coefficient (Wildman–Crippen LogP) is 4.55. The van der Waals surface area contributed by atoms with Gasteiger partial charge in [0.15, 0.2) is 0 Å². The second kappa shape index (κ2) is 7.06. The second-order valence-corrected chi connectivity index (χ2v) is 6.41. The fraction of sp³-hybridized carbons (Fsp3) is 0.300. The van der Waals surface area contributed by atoms with E-state index in [-0.39, 0.29) is 11.5 Å². The lowest BCUT2D eigenvalue weighted by molar-refractivity contribution is -0.146. The zero-order valence-corrected chi connectivity index (χ0v) is 14.6. The van der Waals surface area contributed by atoms with Gasteiger partial charge in [-0.2, -0.15) is 13.2 Å². The molecular weight excluding hydrogens is 359 g/mol. The van der Waals surface area contributed by atoms with Crippen LogP contribution in [0, 0.1) is 0 Å². The third kappa shape index (κ3) is 3.97. The smallest absolute Gasteiger partial charge is 0.416 e. The van der Waals surface area contributed by atoms with Crippen LogP contribution in [0.1, 0.15) is 41.3 Å². The summed E-state index contributed by atoms with van der Waals surface area (Å²) in [6.07, 6.45) is -3.09. The molecule has 0 aromatic heterocycles. The first-order valence-electron chi connectivity index (χ1n) is 8.52. The number of esters is 1. The van der Waals surface area contributed by atoms with Crippen LogP contribution in [0.4, 0.5) is 18.9 Å². The standard InChI is InChI=1S/C20H18F3NO3/c1-2-27-18(26)19(10-11-19)14-6-8-16(9-7-14)24-17(25)13-4-3-5-15(12-13)20(21,22)23/h3-9,12H,2,10-11H2,1H3,(H,24,25). The molecule has 0 heterocycles. The number of hydrogen-bond acceptors (Lipinski definition) is 3. The number of carbonyl (C=O) groups is 2. The minimum atomic E-state index is -4.51. The number of benzene rings is 2. The molecule has 0 bridgehead atoms. The lowest BCUT2D eigenvalue weighted by Gasteiger charge is -2.15. The first-order chi connectivity index (χ1) is 12.8. The van der Waals surface area contributed by atoms with Gasteiger partial charge in [-0.05, 0) is 55.7 Å². The van der Waals surface area contributed by atoms with Gasteiger partial charge in [0.2, 0.25) is 0 Å². The van der Waals surface area contributed by atoms with Crippen LogP contribution >= 0.6 is 0 Å². The minimum Gasteiger partial charge on any atom is -0.465 e. The Hall–Kier alpha value is -2.83. The highest BCUT2D eigenvalue weighted by molar-refractivity contribution is 6.04. The first-order valence-corrected chi connectivity index (χ1v) is 8.52. The molecule has 0 radical (unpaired) electrons. The van der Waals surface area contributed by atoms with Crippen LogP contribution in [0.3, 0.4) is 0 Å². The van der Waals surface area contributed by atoms with E-state index >= 15 is 0 Å². The van der Waals surface area contributed by atoms with Gasteiger partial charge in [0, 0.05) is 11.3 Å². The van der Waals surface area contributed by atoms with E-state index in [0.29, 0.717) is 25.1 Å².